The Balaban J connectivity index is 2.31. The maximum Gasteiger partial charge on any atom is 0.195 e. The van der Waals surface area contributed by atoms with Crippen LogP contribution in [0.25, 0.3) is 0 Å². The second-order valence-electron chi connectivity index (χ2n) is 3.57. The molecule has 1 heterocycles. The summed E-state index contributed by atoms with van der Waals surface area (Å²) in [7, 11) is 1.76. The fourth-order valence-corrected chi connectivity index (χ4v) is 2.53. The van der Waals surface area contributed by atoms with Crippen LogP contribution in [-0.4, -0.2) is 16.7 Å². The molecule has 0 spiro atoms. The van der Waals surface area contributed by atoms with Gasteiger partial charge >= 0.3 is 0 Å². The molecule has 3 nitrogen and oxygen atoms in total. The molecule has 0 saturated carbocycles. The van der Waals surface area contributed by atoms with Crippen molar-refractivity contribution < 1.29 is 0 Å². The third kappa shape index (κ3) is 3.19. The molecule has 2 rings (SSSR count). The fourth-order valence-electron chi connectivity index (χ4n) is 1.46. The number of nitrogens with one attached hydrogen (secondary N) is 1. The summed E-state index contributed by atoms with van der Waals surface area (Å²) in [6, 6.07) is 7.79. The highest BCUT2D eigenvalue weighted by molar-refractivity contribution is 7.80. The topological polar surface area (TPSA) is 29.3 Å². The molecule has 0 amide bonds. The van der Waals surface area contributed by atoms with E-state index in [9.17, 15) is 0 Å². The summed E-state index contributed by atoms with van der Waals surface area (Å²) >= 11 is 12.7. The average molecular weight is 298 g/mol. The number of thiazole rings is 1. The maximum atomic E-state index is 6.15. The molecule has 0 fully saturated rings. The number of rotatable bonds is 2. The van der Waals surface area contributed by atoms with E-state index in [0.717, 1.165) is 15.4 Å². The summed E-state index contributed by atoms with van der Waals surface area (Å²) in [6.07, 6.45) is 1.98. The van der Waals surface area contributed by atoms with Crippen LogP contribution in [0.3, 0.4) is 0 Å². The van der Waals surface area contributed by atoms with E-state index in [4.69, 9.17) is 23.8 Å². The van der Waals surface area contributed by atoms with E-state index in [0.29, 0.717) is 11.7 Å². The van der Waals surface area contributed by atoms with Crippen LogP contribution >= 0.6 is 35.2 Å². The molecule has 6 heteroatoms. The van der Waals surface area contributed by atoms with Crippen LogP contribution in [0.1, 0.15) is 5.56 Å². The van der Waals surface area contributed by atoms with Gasteiger partial charge in [-0.3, -0.25) is 0 Å². The van der Waals surface area contributed by atoms with Crippen LogP contribution in [0.2, 0.25) is 5.02 Å². The van der Waals surface area contributed by atoms with Gasteiger partial charge in [0.25, 0.3) is 0 Å². The number of hydrogen-bond donors (Lipinski definition) is 1. The molecule has 0 aliphatic heterocycles. The monoisotopic (exact) mass is 297 g/mol. The summed E-state index contributed by atoms with van der Waals surface area (Å²) in [5, 5.41) is 6.06. The van der Waals surface area contributed by atoms with Gasteiger partial charge in [-0.15, -0.1) is 11.3 Å². The average Bonchev–Trinajstić information content (AvgIpc) is 2.79. The minimum Gasteiger partial charge on any atom is -0.364 e. The smallest absolute Gasteiger partial charge is 0.195 e. The molecular weight excluding hydrogens is 286 g/mol. The van der Waals surface area contributed by atoms with Gasteiger partial charge in [0.15, 0.2) is 9.91 Å². The second-order valence-corrected chi connectivity index (χ2v) is 5.24. The molecule has 94 valence electrons. The first-order valence-electron chi connectivity index (χ1n) is 5.34. The van der Waals surface area contributed by atoms with Crippen molar-refractivity contribution in [1.82, 2.24) is 9.88 Å². The lowest BCUT2D eigenvalue weighted by Crippen LogP contribution is -2.21. The molecule has 0 saturated heterocycles. The van der Waals surface area contributed by atoms with Crippen molar-refractivity contribution in [2.24, 2.45) is 4.99 Å². The van der Waals surface area contributed by atoms with Gasteiger partial charge in [0.2, 0.25) is 0 Å². The molecule has 0 aliphatic carbocycles. The molecule has 0 unspecified atom stereocenters. The minimum absolute atomic E-state index is 0.477. The van der Waals surface area contributed by atoms with Crippen molar-refractivity contribution in [2.75, 3.05) is 7.05 Å². The highest BCUT2D eigenvalue weighted by atomic mass is 35.5. The molecule has 0 atom stereocenters. The van der Waals surface area contributed by atoms with Crippen molar-refractivity contribution in [2.45, 2.75) is 6.54 Å². The lowest BCUT2D eigenvalue weighted by molar-refractivity contribution is 0.771. The minimum atomic E-state index is 0.477. The normalized spacial score (nSPS) is 11.6. The highest BCUT2D eigenvalue weighted by Gasteiger charge is 2.02. The Morgan fingerprint density at radius 1 is 1.50 bits per heavy atom. The van der Waals surface area contributed by atoms with Gasteiger partial charge in [-0.1, -0.05) is 29.8 Å². The molecule has 2 aromatic rings. The molecule has 18 heavy (non-hydrogen) atoms. The standard InChI is InChI=1S/C12H12ClN3S2/c1-14-11(17)15-12-16(6-7-18-12)8-9-4-2-3-5-10(9)13/h2-7H,8H2,1H3,(H,14,17). The number of hydrogen-bond acceptors (Lipinski definition) is 2. The van der Waals surface area contributed by atoms with Gasteiger partial charge < -0.3 is 9.88 Å². The van der Waals surface area contributed by atoms with Crippen molar-refractivity contribution in [3.63, 3.8) is 0 Å². The number of nitrogens with zero attached hydrogens (tertiary/aromatic N) is 2. The predicted octanol–water partition coefficient (Wildman–Crippen LogP) is 2.66. The number of thiocarbonyl (C=S) groups is 1. The van der Waals surface area contributed by atoms with Crippen molar-refractivity contribution in [3.05, 3.63) is 51.2 Å². The third-order valence-corrected chi connectivity index (χ3v) is 3.83. The molecule has 0 radical (unpaired) electrons. The van der Waals surface area contributed by atoms with Crippen molar-refractivity contribution in [1.29, 1.82) is 0 Å². The molecule has 1 aromatic heterocycles. The molecular formula is C12H12ClN3S2. The Morgan fingerprint density at radius 3 is 3.00 bits per heavy atom. The van der Waals surface area contributed by atoms with Crippen LogP contribution in [0.5, 0.6) is 0 Å². The van der Waals surface area contributed by atoms with Crippen LogP contribution in [0, 0.1) is 0 Å². The van der Waals surface area contributed by atoms with Gasteiger partial charge in [-0.25, -0.2) is 0 Å². The Bertz CT molecular complexity index is 616. The SMILES string of the molecule is CNC(=S)N=c1sccn1Cc1ccccc1Cl. The van der Waals surface area contributed by atoms with E-state index >= 15 is 0 Å². The van der Waals surface area contributed by atoms with Gasteiger partial charge in [-0.05, 0) is 23.8 Å². The second kappa shape index (κ2) is 6.13. The zero-order valence-corrected chi connectivity index (χ0v) is 12.1. The number of halogens is 1. The summed E-state index contributed by atoms with van der Waals surface area (Å²) < 4.78 is 2.02. The summed E-state index contributed by atoms with van der Waals surface area (Å²) in [6.45, 7) is 0.689. The highest BCUT2D eigenvalue weighted by Crippen LogP contribution is 2.15. The van der Waals surface area contributed by atoms with E-state index in [1.165, 1.54) is 0 Å². The summed E-state index contributed by atoms with van der Waals surface area (Å²) in [5.41, 5.74) is 1.06. The van der Waals surface area contributed by atoms with E-state index in [-0.39, 0.29) is 0 Å². The van der Waals surface area contributed by atoms with Crippen molar-refractivity contribution >= 4 is 40.3 Å². The molecule has 0 aliphatic rings. The van der Waals surface area contributed by atoms with E-state index in [1.54, 1.807) is 18.4 Å². The summed E-state index contributed by atoms with van der Waals surface area (Å²) in [4.78, 5) is 5.18. The van der Waals surface area contributed by atoms with E-state index in [1.807, 2.05) is 40.4 Å². The van der Waals surface area contributed by atoms with Gasteiger partial charge in [0, 0.05) is 23.6 Å². The third-order valence-electron chi connectivity index (χ3n) is 2.37. The van der Waals surface area contributed by atoms with Gasteiger partial charge in [0.1, 0.15) is 0 Å². The fraction of sp³-hybridized carbons (Fsp3) is 0.167. The van der Waals surface area contributed by atoms with Crippen LogP contribution in [-0.2, 0) is 6.54 Å². The first-order chi connectivity index (χ1) is 8.70. The lowest BCUT2D eigenvalue weighted by Gasteiger charge is -2.05. The predicted molar refractivity (Wildman–Crippen MR) is 80.1 cm³/mol. The van der Waals surface area contributed by atoms with Crippen LogP contribution in [0.4, 0.5) is 0 Å². The van der Waals surface area contributed by atoms with Crippen LogP contribution < -0.4 is 10.1 Å². The number of aromatic nitrogens is 1. The quantitative estimate of drug-likeness (QED) is 0.864. The lowest BCUT2D eigenvalue weighted by atomic mass is 10.2. The first-order valence-corrected chi connectivity index (χ1v) is 7.01. The maximum absolute atomic E-state index is 6.15. The summed E-state index contributed by atoms with van der Waals surface area (Å²) in [5.74, 6) is 0. The zero-order valence-electron chi connectivity index (χ0n) is 9.76. The Kier molecular flexibility index (Phi) is 4.52. The molecule has 1 N–H and O–H groups in total. The zero-order chi connectivity index (χ0) is 13.0. The first kappa shape index (κ1) is 13.3. The van der Waals surface area contributed by atoms with Gasteiger partial charge in [-0.2, -0.15) is 4.99 Å². The van der Waals surface area contributed by atoms with E-state index in [2.05, 4.69) is 10.3 Å². The largest absolute Gasteiger partial charge is 0.364 e. The Hall–Kier alpha value is -1.17. The molecule has 0 bridgehead atoms. The van der Waals surface area contributed by atoms with E-state index < -0.39 is 0 Å². The van der Waals surface area contributed by atoms with Crippen LogP contribution in [0.15, 0.2) is 40.8 Å². The Morgan fingerprint density at radius 2 is 2.28 bits per heavy atom. The van der Waals surface area contributed by atoms with Gasteiger partial charge in [0.05, 0.1) is 6.54 Å². The number of benzene rings is 1. The molecule has 1 aromatic carbocycles. The van der Waals surface area contributed by atoms with Crippen molar-refractivity contribution in [3.8, 4) is 0 Å². The Labute approximate surface area is 120 Å².